The molecule has 0 aliphatic heterocycles. The van der Waals surface area contributed by atoms with Gasteiger partial charge >= 0.3 is 0 Å². The van der Waals surface area contributed by atoms with E-state index in [9.17, 15) is 4.79 Å². The highest BCUT2D eigenvalue weighted by molar-refractivity contribution is 6.06. The molecule has 0 atom stereocenters. The lowest BCUT2D eigenvalue weighted by molar-refractivity contribution is 0.104. The second kappa shape index (κ2) is 6.71. The van der Waals surface area contributed by atoms with E-state index in [-0.39, 0.29) is 5.78 Å². The smallest absolute Gasteiger partial charge is 0.185 e. The van der Waals surface area contributed by atoms with Gasteiger partial charge in [0.1, 0.15) is 5.75 Å². The minimum absolute atomic E-state index is 0.00590. The van der Waals surface area contributed by atoms with Gasteiger partial charge in [-0.25, -0.2) is 0 Å². The summed E-state index contributed by atoms with van der Waals surface area (Å²) in [5, 5.41) is 0. The maximum atomic E-state index is 12.0. The molecule has 0 aliphatic carbocycles. The molecular formula is C18H18O2. The number of ketones is 1. The molecule has 0 unspecified atom stereocenters. The first-order valence-electron chi connectivity index (χ1n) is 6.71. The normalized spacial score (nSPS) is 10.7. The van der Waals surface area contributed by atoms with Gasteiger partial charge in [0.05, 0.1) is 6.61 Å². The van der Waals surface area contributed by atoms with Crippen LogP contribution in [-0.2, 0) is 0 Å². The van der Waals surface area contributed by atoms with Crippen LogP contribution in [0.1, 0.15) is 28.4 Å². The number of hydrogen-bond acceptors (Lipinski definition) is 2. The van der Waals surface area contributed by atoms with Crippen molar-refractivity contribution in [3.8, 4) is 5.75 Å². The van der Waals surface area contributed by atoms with Gasteiger partial charge in [-0.2, -0.15) is 0 Å². The molecule has 0 amide bonds. The SMILES string of the molecule is CCOc1ccc(C(=O)/C=C/c2ccc(C)cc2)cc1. The van der Waals surface area contributed by atoms with E-state index >= 15 is 0 Å². The Bertz CT molecular complexity index is 592. The molecule has 2 heteroatoms. The molecule has 0 N–H and O–H groups in total. The summed E-state index contributed by atoms with van der Waals surface area (Å²) in [4.78, 5) is 12.0. The highest BCUT2D eigenvalue weighted by atomic mass is 16.5. The van der Waals surface area contributed by atoms with Gasteiger partial charge in [0.2, 0.25) is 0 Å². The van der Waals surface area contributed by atoms with Crippen LogP contribution in [0.5, 0.6) is 5.75 Å². The number of carbonyl (C=O) groups excluding carboxylic acids is 1. The predicted molar refractivity (Wildman–Crippen MR) is 82.2 cm³/mol. The van der Waals surface area contributed by atoms with Gasteiger partial charge in [-0.1, -0.05) is 35.9 Å². The molecule has 0 saturated heterocycles. The maximum absolute atomic E-state index is 12.0. The van der Waals surface area contributed by atoms with E-state index in [1.54, 1.807) is 18.2 Å². The number of aryl methyl sites for hydroxylation is 1. The van der Waals surface area contributed by atoms with Gasteiger partial charge < -0.3 is 4.74 Å². The number of rotatable bonds is 5. The van der Waals surface area contributed by atoms with Crippen molar-refractivity contribution in [3.05, 3.63) is 71.3 Å². The number of allylic oxidation sites excluding steroid dienone is 1. The van der Waals surface area contributed by atoms with Crippen LogP contribution in [0.2, 0.25) is 0 Å². The van der Waals surface area contributed by atoms with Crippen LogP contribution >= 0.6 is 0 Å². The third kappa shape index (κ3) is 3.82. The minimum atomic E-state index is -0.00590. The summed E-state index contributed by atoms with van der Waals surface area (Å²) in [7, 11) is 0. The standard InChI is InChI=1S/C18H18O2/c1-3-20-17-11-9-16(10-12-17)18(19)13-8-15-6-4-14(2)5-7-15/h4-13H,3H2,1-2H3/b13-8+. The molecule has 2 aromatic rings. The Morgan fingerprint density at radius 1 is 1.05 bits per heavy atom. The van der Waals surface area contributed by atoms with Gasteiger partial charge in [-0.3, -0.25) is 4.79 Å². The molecule has 0 saturated carbocycles. The van der Waals surface area contributed by atoms with Gasteiger partial charge in [-0.05, 0) is 49.8 Å². The highest BCUT2D eigenvalue weighted by Crippen LogP contribution is 2.13. The van der Waals surface area contributed by atoms with Crippen LogP contribution < -0.4 is 4.74 Å². The molecule has 0 aliphatic rings. The van der Waals surface area contributed by atoms with Crippen molar-refractivity contribution in [2.75, 3.05) is 6.61 Å². The lowest BCUT2D eigenvalue weighted by Crippen LogP contribution is -1.95. The van der Waals surface area contributed by atoms with Crippen LogP contribution in [0.4, 0.5) is 0 Å². The molecule has 0 spiro atoms. The van der Waals surface area contributed by atoms with Crippen molar-refractivity contribution in [1.82, 2.24) is 0 Å². The zero-order valence-electron chi connectivity index (χ0n) is 11.8. The van der Waals surface area contributed by atoms with E-state index in [2.05, 4.69) is 0 Å². The lowest BCUT2D eigenvalue weighted by Gasteiger charge is -2.02. The number of hydrogen-bond donors (Lipinski definition) is 0. The quantitative estimate of drug-likeness (QED) is 0.596. The minimum Gasteiger partial charge on any atom is -0.494 e. The Kier molecular flexibility index (Phi) is 4.72. The molecular weight excluding hydrogens is 248 g/mol. The van der Waals surface area contributed by atoms with E-state index in [0.29, 0.717) is 12.2 Å². The monoisotopic (exact) mass is 266 g/mol. The molecule has 2 aromatic carbocycles. The fourth-order valence-corrected chi connectivity index (χ4v) is 1.83. The molecule has 0 bridgehead atoms. The molecule has 0 aromatic heterocycles. The average molecular weight is 266 g/mol. The third-order valence-electron chi connectivity index (χ3n) is 2.95. The summed E-state index contributed by atoms with van der Waals surface area (Å²) in [5.41, 5.74) is 2.90. The average Bonchev–Trinajstić information content (AvgIpc) is 2.47. The van der Waals surface area contributed by atoms with Gasteiger partial charge in [-0.15, -0.1) is 0 Å². The van der Waals surface area contributed by atoms with Gasteiger partial charge in [0.25, 0.3) is 0 Å². The molecule has 0 radical (unpaired) electrons. The Hall–Kier alpha value is -2.35. The van der Waals surface area contributed by atoms with Crippen LogP contribution in [0.25, 0.3) is 6.08 Å². The van der Waals surface area contributed by atoms with Crippen LogP contribution in [0, 0.1) is 6.92 Å². The molecule has 0 fully saturated rings. The number of carbonyl (C=O) groups is 1. The zero-order chi connectivity index (χ0) is 14.4. The van der Waals surface area contributed by atoms with E-state index in [4.69, 9.17) is 4.74 Å². The van der Waals surface area contributed by atoms with Gasteiger partial charge in [0.15, 0.2) is 5.78 Å². The van der Waals surface area contributed by atoms with E-state index in [1.165, 1.54) is 5.56 Å². The molecule has 0 heterocycles. The predicted octanol–water partition coefficient (Wildman–Crippen LogP) is 4.29. The van der Waals surface area contributed by atoms with Crippen molar-refractivity contribution < 1.29 is 9.53 Å². The fourth-order valence-electron chi connectivity index (χ4n) is 1.83. The Balaban J connectivity index is 2.05. The lowest BCUT2D eigenvalue weighted by atomic mass is 10.1. The fraction of sp³-hybridized carbons (Fsp3) is 0.167. The Morgan fingerprint density at radius 3 is 2.30 bits per heavy atom. The van der Waals surface area contributed by atoms with Crippen molar-refractivity contribution in [3.63, 3.8) is 0 Å². The van der Waals surface area contributed by atoms with Crippen molar-refractivity contribution in [2.24, 2.45) is 0 Å². The van der Waals surface area contributed by atoms with Crippen LogP contribution in [0.15, 0.2) is 54.6 Å². The molecule has 2 nitrogen and oxygen atoms in total. The van der Waals surface area contributed by atoms with E-state index in [1.807, 2.05) is 56.3 Å². The highest BCUT2D eigenvalue weighted by Gasteiger charge is 2.01. The van der Waals surface area contributed by atoms with Gasteiger partial charge in [0, 0.05) is 5.56 Å². The van der Waals surface area contributed by atoms with Crippen molar-refractivity contribution in [2.45, 2.75) is 13.8 Å². The summed E-state index contributed by atoms with van der Waals surface area (Å²) in [5.74, 6) is 0.778. The summed E-state index contributed by atoms with van der Waals surface area (Å²) in [6.45, 7) is 4.60. The second-order valence-electron chi connectivity index (χ2n) is 4.57. The summed E-state index contributed by atoms with van der Waals surface area (Å²) >= 11 is 0. The second-order valence-corrected chi connectivity index (χ2v) is 4.57. The third-order valence-corrected chi connectivity index (χ3v) is 2.95. The molecule has 102 valence electrons. The topological polar surface area (TPSA) is 26.3 Å². The summed E-state index contributed by atoms with van der Waals surface area (Å²) in [6, 6.07) is 15.3. The van der Waals surface area contributed by atoms with Crippen LogP contribution in [0.3, 0.4) is 0 Å². The summed E-state index contributed by atoms with van der Waals surface area (Å²) < 4.78 is 5.35. The Morgan fingerprint density at radius 2 is 1.70 bits per heavy atom. The largest absolute Gasteiger partial charge is 0.494 e. The van der Waals surface area contributed by atoms with Crippen molar-refractivity contribution in [1.29, 1.82) is 0 Å². The number of ether oxygens (including phenoxy) is 1. The first-order chi connectivity index (χ1) is 9.69. The zero-order valence-corrected chi connectivity index (χ0v) is 11.8. The first kappa shape index (κ1) is 14.1. The maximum Gasteiger partial charge on any atom is 0.185 e. The molecule has 20 heavy (non-hydrogen) atoms. The Labute approximate surface area is 119 Å². The van der Waals surface area contributed by atoms with E-state index < -0.39 is 0 Å². The summed E-state index contributed by atoms with van der Waals surface area (Å²) in [6.07, 6.45) is 3.43. The van der Waals surface area contributed by atoms with E-state index in [0.717, 1.165) is 11.3 Å². The first-order valence-corrected chi connectivity index (χ1v) is 6.71. The molecule has 2 rings (SSSR count). The number of benzene rings is 2. The van der Waals surface area contributed by atoms with Crippen LogP contribution in [-0.4, -0.2) is 12.4 Å². The van der Waals surface area contributed by atoms with Crippen molar-refractivity contribution >= 4 is 11.9 Å².